The topological polar surface area (TPSA) is 130 Å². The molecule has 0 spiro atoms. The Kier molecular flexibility index (Phi) is 4.92. The summed E-state index contributed by atoms with van der Waals surface area (Å²) in [6.45, 7) is -3.27. The summed E-state index contributed by atoms with van der Waals surface area (Å²) in [4.78, 5) is 15.7. The smallest absolute Gasteiger partial charge is 0.387 e. The van der Waals surface area contributed by atoms with Crippen LogP contribution in [0.2, 0.25) is 0 Å². The molecule has 0 bridgehead atoms. The molecule has 0 aliphatic rings. The van der Waals surface area contributed by atoms with Gasteiger partial charge in [-0.1, -0.05) is 0 Å². The third-order valence-electron chi connectivity index (χ3n) is 2.87. The number of nitriles is 2. The van der Waals surface area contributed by atoms with Crippen molar-refractivity contribution in [1.29, 1.82) is 10.5 Å². The molecule has 10 heteroatoms. The number of benzene rings is 1. The summed E-state index contributed by atoms with van der Waals surface area (Å²) in [6.07, 6.45) is 0. The number of nitrogens with one attached hydrogen (secondary N) is 1. The van der Waals surface area contributed by atoms with Gasteiger partial charge in [-0.15, -0.1) is 0 Å². The number of nitrogen functional groups attached to an aromatic ring is 1. The number of rotatable bonds is 5. The minimum absolute atomic E-state index is 0.0488. The Balaban J connectivity index is 2.08. The van der Waals surface area contributed by atoms with Gasteiger partial charge in [-0.2, -0.15) is 19.3 Å². The molecular weight excluding hydrogens is 322 g/mol. The lowest BCUT2D eigenvalue weighted by Gasteiger charge is -2.09. The minimum Gasteiger partial charge on any atom is -0.435 e. The number of nitrogens with two attached hydrogens (primary N) is 1. The maximum atomic E-state index is 12.1. The molecule has 1 amide bonds. The number of imidazole rings is 1. The minimum atomic E-state index is -2.94. The first kappa shape index (κ1) is 16.7. The third kappa shape index (κ3) is 3.75. The third-order valence-corrected chi connectivity index (χ3v) is 2.87. The molecule has 0 radical (unpaired) electrons. The number of alkyl halides is 2. The fraction of sp³-hybridized carbons (Fsp3) is 0.143. The first-order chi connectivity index (χ1) is 11.4. The predicted octanol–water partition coefficient (Wildman–Crippen LogP) is 1.45. The Morgan fingerprint density at radius 1 is 1.33 bits per heavy atom. The highest BCUT2D eigenvalue weighted by Gasteiger charge is 2.17. The molecule has 24 heavy (non-hydrogen) atoms. The summed E-state index contributed by atoms with van der Waals surface area (Å²) in [5.41, 5.74) is 5.63. The van der Waals surface area contributed by atoms with Crippen molar-refractivity contribution in [3.05, 3.63) is 35.7 Å². The zero-order valence-electron chi connectivity index (χ0n) is 12.0. The molecule has 0 fully saturated rings. The van der Waals surface area contributed by atoms with Crippen LogP contribution in [0.1, 0.15) is 11.4 Å². The zero-order chi connectivity index (χ0) is 17.7. The molecule has 1 aromatic heterocycles. The van der Waals surface area contributed by atoms with Crippen LogP contribution in [0.15, 0.2) is 24.3 Å². The van der Waals surface area contributed by atoms with E-state index in [0.29, 0.717) is 5.69 Å². The van der Waals surface area contributed by atoms with Crippen molar-refractivity contribution < 1.29 is 18.3 Å². The van der Waals surface area contributed by atoms with Gasteiger partial charge >= 0.3 is 6.61 Å². The number of nitrogens with zero attached hydrogens (tertiary/aromatic N) is 4. The quantitative estimate of drug-likeness (QED) is 0.852. The maximum absolute atomic E-state index is 12.1. The van der Waals surface area contributed by atoms with Gasteiger partial charge in [0.1, 0.15) is 24.4 Å². The van der Waals surface area contributed by atoms with Crippen molar-refractivity contribution in [2.75, 3.05) is 11.1 Å². The van der Waals surface area contributed by atoms with E-state index in [1.807, 2.05) is 0 Å². The monoisotopic (exact) mass is 332 g/mol. The number of hydrogen-bond acceptors (Lipinski definition) is 6. The molecule has 8 nitrogen and oxygen atoms in total. The normalized spacial score (nSPS) is 10.0. The lowest BCUT2D eigenvalue weighted by atomic mass is 10.3. The van der Waals surface area contributed by atoms with E-state index >= 15 is 0 Å². The van der Waals surface area contributed by atoms with E-state index < -0.39 is 12.5 Å². The molecule has 0 unspecified atom stereocenters. The number of amides is 1. The highest BCUT2D eigenvalue weighted by molar-refractivity contribution is 5.90. The molecule has 122 valence electrons. The molecule has 2 aromatic rings. The standard InChI is InChI=1S/C14H10F2N6O2/c15-13(16)24-9-3-1-8(2-4-9)20-12(23)7-22-11(6-18)10(5-17)21-14(22)19/h1-4,13H,7H2,(H2,19,21)(H,20,23). The van der Waals surface area contributed by atoms with Gasteiger partial charge in [-0.25, -0.2) is 4.98 Å². The first-order valence-electron chi connectivity index (χ1n) is 6.45. The molecule has 2 rings (SSSR count). The van der Waals surface area contributed by atoms with Gasteiger partial charge in [0, 0.05) is 5.69 Å². The van der Waals surface area contributed by atoms with E-state index in [-0.39, 0.29) is 29.6 Å². The van der Waals surface area contributed by atoms with Crippen molar-refractivity contribution in [3.8, 4) is 17.9 Å². The number of carbonyl (C=O) groups is 1. The van der Waals surface area contributed by atoms with Crippen molar-refractivity contribution in [2.45, 2.75) is 13.2 Å². The first-order valence-corrected chi connectivity index (χ1v) is 6.45. The van der Waals surface area contributed by atoms with Crippen LogP contribution in [0, 0.1) is 22.7 Å². The van der Waals surface area contributed by atoms with Crippen LogP contribution in [0.25, 0.3) is 0 Å². The highest BCUT2D eigenvalue weighted by atomic mass is 19.3. The van der Waals surface area contributed by atoms with Crippen LogP contribution in [0.5, 0.6) is 5.75 Å². The van der Waals surface area contributed by atoms with Crippen LogP contribution < -0.4 is 15.8 Å². The van der Waals surface area contributed by atoms with E-state index in [2.05, 4.69) is 15.0 Å². The Morgan fingerprint density at radius 3 is 2.54 bits per heavy atom. The zero-order valence-corrected chi connectivity index (χ0v) is 12.0. The molecule has 0 atom stereocenters. The Bertz CT molecular complexity index is 833. The van der Waals surface area contributed by atoms with E-state index in [0.717, 1.165) is 4.57 Å². The number of halogens is 2. The average molecular weight is 332 g/mol. The SMILES string of the molecule is N#Cc1nc(N)n(CC(=O)Nc2ccc(OC(F)F)cc2)c1C#N. The number of anilines is 2. The van der Waals surface area contributed by atoms with Crippen LogP contribution in [0.3, 0.4) is 0 Å². The molecule has 0 saturated heterocycles. The van der Waals surface area contributed by atoms with Crippen LogP contribution in [-0.4, -0.2) is 22.1 Å². The van der Waals surface area contributed by atoms with Crippen molar-refractivity contribution in [1.82, 2.24) is 9.55 Å². The Morgan fingerprint density at radius 2 is 2.00 bits per heavy atom. The van der Waals surface area contributed by atoms with Gasteiger partial charge in [0.2, 0.25) is 11.9 Å². The van der Waals surface area contributed by atoms with E-state index in [1.165, 1.54) is 24.3 Å². The summed E-state index contributed by atoms with van der Waals surface area (Å²) in [7, 11) is 0. The van der Waals surface area contributed by atoms with Crippen LogP contribution in [0.4, 0.5) is 20.4 Å². The second kappa shape index (κ2) is 7.07. The van der Waals surface area contributed by atoms with Crippen molar-refractivity contribution >= 4 is 17.5 Å². The fourth-order valence-electron chi connectivity index (χ4n) is 1.89. The predicted molar refractivity (Wildman–Crippen MR) is 77.8 cm³/mol. The van der Waals surface area contributed by atoms with Gasteiger partial charge in [0.25, 0.3) is 0 Å². The second-order valence-corrected chi connectivity index (χ2v) is 4.43. The van der Waals surface area contributed by atoms with E-state index in [1.54, 1.807) is 12.1 Å². The van der Waals surface area contributed by atoms with Crippen LogP contribution >= 0.6 is 0 Å². The molecule has 0 aliphatic heterocycles. The molecule has 0 aliphatic carbocycles. The summed E-state index contributed by atoms with van der Waals surface area (Å²) >= 11 is 0. The summed E-state index contributed by atoms with van der Waals surface area (Å²) in [6, 6.07) is 8.75. The molecule has 1 aromatic carbocycles. The lowest BCUT2D eigenvalue weighted by Crippen LogP contribution is -2.20. The molecule has 1 heterocycles. The van der Waals surface area contributed by atoms with Crippen molar-refractivity contribution in [2.24, 2.45) is 0 Å². The summed E-state index contributed by atoms with van der Waals surface area (Å²) in [5, 5.41) is 20.4. The lowest BCUT2D eigenvalue weighted by molar-refractivity contribution is -0.116. The maximum Gasteiger partial charge on any atom is 0.387 e. The summed E-state index contributed by atoms with van der Waals surface area (Å²) < 4.78 is 29.4. The number of carbonyl (C=O) groups excluding carboxylic acids is 1. The number of hydrogen-bond donors (Lipinski definition) is 2. The largest absolute Gasteiger partial charge is 0.435 e. The van der Waals surface area contributed by atoms with E-state index in [4.69, 9.17) is 16.3 Å². The highest BCUT2D eigenvalue weighted by Crippen LogP contribution is 2.18. The second-order valence-electron chi connectivity index (χ2n) is 4.43. The van der Waals surface area contributed by atoms with Crippen LogP contribution in [-0.2, 0) is 11.3 Å². The Hall–Kier alpha value is -3.66. The van der Waals surface area contributed by atoms with Crippen molar-refractivity contribution in [3.63, 3.8) is 0 Å². The Labute approximate surface area is 134 Å². The van der Waals surface area contributed by atoms with Gasteiger partial charge in [-0.05, 0) is 24.3 Å². The van der Waals surface area contributed by atoms with Gasteiger partial charge in [0.15, 0.2) is 11.4 Å². The van der Waals surface area contributed by atoms with E-state index in [9.17, 15) is 13.6 Å². The average Bonchev–Trinajstić information content (AvgIpc) is 2.84. The fourth-order valence-corrected chi connectivity index (χ4v) is 1.89. The summed E-state index contributed by atoms with van der Waals surface area (Å²) in [5.74, 6) is -0.728. The number of aromatic nitrogens is 2. The number of ether oxygens (including phenoxy) is 1. The molecular formula is C14H10F2N6O2. The molecule has 0 saturated carbocycles. The molecule has 3 N–H and O–H groups in total. The van der Waals surface area contributed by atoms with Gasteiger partial charge in [0.05, 0.1) is 0 Å². The van der Waals surface area contributed by atoms with Gasteiger partial charge < -0.3 is 15.8 Å². The van der Waals surface area contributed by atoms with Gasteiger partial charge in [-0.3, -0.25) is 9.36 Å².